The van der Waals surface area contributed by atoms with Crippen LogP contribution in [0.5, 0.6) is 5.75 Å². The molecule has 0 radical (unpaired) electrons. The fraction of sp³-hybridized carbons (Fsp3) is 0.450. The van der Waals surface area contributed by atoms with Crippen LogP contribution in [0.15, 0.2) is 12.1 Å². The Hall–Kier alpha value is -2.43. The van der Waals surface area contributed by atoms with Gasteiger partial charge in [0.05, 0.1) is 18.7 Å². The van der Waals surface area contributed by atoms with Gasteiger partial charge in [-0.05, 0) is 40.8 Å². The Kier molecular flexibility index (Phi) is 5.22. The average Bonchev–Trinajstić information content (AvgIpc) is 2.89. The van der Waals surface area contributed by atoms with Gasteiger partial charge in [0.15, 0.2) is 0 Å². The van der Waals surface area contributed by atoms with E-state index in [4.69, 9.17) is 12.8 Å². The molecule has 0 fully saturated rings. The first-order valence-corrected chi connectivity index (χ1v) is 8.07. The minimum absolute atomic E-state index is 0.125. The van der Waals surface area contributed by atoms with Crippen molar-refractivity contribution < 1.29 is 15.1 Å². The van der Waals surface area contributed by atoms with E-state index < -0.39 is 5.54 Å². The molecule has 0 aromatic heterocycles. The van der Waals surface area contributed by atoms with E-state index in [0.717, 1.165) is 28.7 Å². The largest absolute Gasteiger partial charge is 0.507 e. The maximum absolute atomic E-state index is 10.4. The molecule has 24 heavy (non-hydrogen) atoms. The van der Waals surface area contributed by atoms with E-state index >= 15 is 0 Å². The van der Waals surface area contributed by atoms with Gasteiger partial charge >= 0.3 is 0 Å². The molecule has 0 saturated carbocycles. The monoisotopic (exact) mass is 325 g/mol. The normalized spacial score (nSPS) is 17.4. The SMILES string of the molecule is C#CCN(CC#C)[C@@H]1CCc2cc(/C=[N+](\O)C(C)(C)C)c(O)cc21. The predicted octanol–water partition coefficient (Wildman–Crippen LogP) is 2.57. The number of hydrogen-bond donors (Lipinski definition) is 2. The number of rotatable bonds is 4. The minimum Gasteiger partial charge on any atom is -0.507 e. The molecule has 4 heteroatoms. The number of benzene rings is 1. The van der Waals surface area contributed by atoms with Crippen molar-refractivity contribution in [2.75, 3.05) is 13.1 Å². The quantitative estimate of drug-likeness (QED) is 0.294. The number of nitrogens with zero attached hydrogens (tertiary/aromatic N) is 2. The number of fused-ring (bicyclic) bond motifs is 1. The Bertz CT molecular complexity index is 714. The number of hydroxylamine groups is 1. The van der Waals surface area contributed by atoms with Crippen molar-refractivity contribution in [3.8, 4) is 30.4 Å². The number of aryl methyl sites for hydroxylation is 1. The van der Waals surface area contributed by atoms with Crippen LogP contribution in [0, 0.1) is 24.7 Å². The minimum atomic E-state index is -0.440. The molecule has 126 valence electrons. The van der Waals surface area contributed by atoms with Gasteiger partial charge in [-0.25, -0.2) is 0 Å². The van der Waals surface area contributed by atoms with E-state index in [1.54, 1.807) is 12.3 Å². The lowest BCUT2D eigenvalue weighted by molar-refractivity contribution is -0.816. The second-order valence-electron chi connectivity index (χ2n) is 7.12. The molecular weight excluding hydrogens is 300 g/mol. The molecule has 0 heterocycles. The summed E-state index contributed by atoms with van der Waals surface area (Å²) in [6.45, 7) is 6.64. The smallest absolute Gasteiger partial charge is 0.227 e. The van der Waals surface area contributed by atoms with E-state index in [9.17, 15) is 10.3 Å². The summed E-state index contributed by atoms with van der Waals surface area (Å²) in [6.07, 6.45) is 14.3. The highest BCUT2D eigenvalue weighted by Crippen LogP contribution is 2.38. The lowest BCUT2D eigenvalue weighted by Gasteiger charge is -2.25. The van der Waals surface area contributed by atoms with Gasteiger partial charge in [-0.15, -0.1) is 12.8 Å². The van der Waals surface area contributed by atoms with Crippen LogP contribution >= 0.6 is 0 Å². The van der Waals surface area contributed by atoms with Crippen LogP contribution in [0.1, 0.15) is 49.9 Å². The highest BCUT2D eigenvalue weighted by atomic mass is 16.5. The number of terminal acetylenes is 2. The molecule has 4 nitrogen and oxygen atoms in total. The third-order valence-electron chi connectivity index (χ3n) is 4.31. The topological polar surface area (TPSA) is 46.7 Å². The van der Waals surface area contributed by atoms with E-state index in [1.165, 1.54) is 0 Å². The van der Waals surface area contributed by atoms with Gasteiger partial charge in [-0.2, -0.15) is 0 Å². The standard InChI is InChI=1S/C20H24N2O2/c1-6-10-21(11-7-2)18-9-8-15-12-16(19(23)13-17(15)18)14-22(24)20(3,4)5/h1-2,12-14,18,24H,8-11H2,3-5H3/p+1/t18-/m1/s1. The van der Waals surface area contributed by atoms with Crippen LogP contribution in [0.3, 0.4) is 0 Å². The predicted molar refractivity (Wildman–Crippen MR) is 95.4 cm³/mol. The van der Waals surface area contributed by atoms with Gasteiger partial charge in [0.25, 0.3) is 0 Å². The summed E-state index contributed by atoms with van der Waals surface area (Å²) in [4.78, 5) is 2.07. The van der Waals surface area contributed by atoms with Gasteiger partial charge in [0, 0.05) is 26.8 Å². The lowest BCUT2D eigenvalue weighted by Crippen LogP contribution is -2.31. The molecule has 0 amide bonds. The van der Waals surface area contributed by atoms with Gasteiger partial charge in [-0.1, -0.05) is 11.8 Å². The Morgan fingerprint density at radius 3 is 2.46 bits per heavy atom. The zero-order chi connectivity index (χ0) is 17.9. The van der Waals surface area contributed by atoms with Crippen LogP contribution in [0.25, 0.3) is 0 Å². The Balaban J connectivity index is 2.38. The van der Waals surface area contributed by atoms with E-state index in [0.29, 0.717) is 18.7 Å². The number of phenols is 1. The summed E-state index contributed by atoms with van der Waals surface area (Å²) in [5.41, 5.74) is 2.39. The average molecular weight is 325 g/mol. The third-order valence-corrected chi connectivity index (χ3v) is 4.31. The first-order chi connectivity index (χ1) is 11.3. The van der Waals surface area contributed by atoms with Crippen LogP contribution in [-0.4, -0.2) is 44.8 Å². The van der Waals surface area contributed by atoms with Crippen molar-refractivity contribution in [1.82, 2.24) is 4.90 Å². The number of hydrogen-bond acceptors (Lipinski definition) is 3. The van der Waals surface area contributed by atoms with Gasteiger partial charge in [-0.3, -0.25) is 10.1 Å². The molecule has 1 aromatic carbocycles. The number of phenolic OH excluding ortho intramolecular Hbond substituents is 1. The van der Waals surface area contributed by atoms with Crippen LogP contribution in [0.4, 0.5) is 0 Å². The molecule has 0 aliphatic heterocycles. The molecule has 0 bridgehead atoms. The molecule has 0 spiro atoms. The van der Waals surface area contributed by atoms with Crippen LogP contribution < -0.4 is 0 Å². The maximum Gasteiger partial charge on any atom is 0.227 e. The molecule has 1 aliphatic rings. The first kappa shape index (κ1) is 17.9. The van der Waals surface area contributed by atoms with E-state index in [1.807, 2.05) is 26.8 Å². The summed E-state index contributed by atoms with van der Waals surface area (Å²) >= 11 is 0. The van der Waals surface area contributed by atoms with Crippen molar-refractivity contribution in [2.24, 2.45) is 0 Å². The fourth-order valence-corrected chi connectivity index (χ4v) is 2.96. The zero-order valence-corrected chi connectivity index (χ0v) is 14.6. The first-order valence-electron chi connectivity index (χ1n) is 8.07. The molecule has 2 N–H and O–H groups in total. The molecule has 1 aromatic rings. The summed E-state index contributed by atoms with van der Waals surface area (Å²) in [5, 5.41) is 20.5. The van der Waals surface area contributed by atoms with Gasteiger partial charge < -0.3 is 5.11 Å². The fourth-order valence-electron chi connectivity index (χ4n) is 2.96. The van der Waals surface area contributed by atoms with Crippen molar-refractivity contribution in [1.29, 1.82) is 0 Å². The maximum atomic E-state index is 10.4. The van der Waals surface area contributed by atoms with Crippen LogP contribution in [0.2, 0.25) is 0 Å². The molecule has 1 atom stereocenters. The van der Waals surface area contributed by atoms with E-state index in [-0.39, 0.29) is 11.8 Å². The Labute approximate surface area is 144 Å². The van der Waals surface area contributed by atoms with Gasteiger partial charge in [0.1, 0.15) is 5.75 Å². The van der Waals surface area contributed by atoms with E-state index in [2.05, 4.69) is 16.7 Å². The van der Waals surface area contributed by atoms with Crippen molar-refractivity contribution in [3.63, 3.8) is 0 Å². The number of aromatic hydroxyl groups is 1. The third kappa shape index (κ3) is 3.72. The van der Waals surface area contributed by atoms with Crippen molar-refractivity contribution in [3.05, 3.63) is 28.8 Å². The molecule has 1 aliphatic carbocycles. The Morgan fingerprint density at radius 2 is 1.92 bits per heavy atom. The molecule has 0 saturated heterocycles. The second kappa shape index (κ2) is 6.99. The summed E-state index contributed by atoms with van der Waals surface area (Å²) in [5.74, 6) is 5.45. The van der Waals surface area contributed by atoms with Crippen LogP contribution in [-0.2, 0) is 6.42 Å². The summed E-state index contributed by atoms with van der Waals surface area (Å²) in [7, 11) is 0. The molecule has 2 rings (SSSR count). The molecule has 0 unspecified atom stereocenters. The summed E-state index contributed by atoms with van der Waals surface area (Å²) < 4.78 is 1.11. The van der Waals surface area contributed by atoms with Gasteiger partial charge in [0.2, 0.25) is 11.8 Å². The molecular formula is C20H25N2O2+. The zero-order valence-electron chi connectivity index (χ0n) is 14.6. The highest BCUT2D eigenvalue weighted by Gasteiger charge is 2.30. The summed E-state index contributed by atoms with van der Waals surface area (Å²) in [6, 6.07) is 3.83. The van der Waals surface area contributed by atoms with Crippen molar-refractivity contribution in [2.45, 2.75) is 45.2 Å². The highest BCUT2D eigenvalue weighted by molar-refractivity contribution is 5.80. The lowest BCUT2D eigenvalue weighted by atomic mass is 10.0. The van der Waals surface area contributed by atoms with Crippen molar-refractivity contribution >= 4 is 6.21 Å². The Morgan fingerprint density at radius 1 is 1.29 bits per heavy atom. The second-order valence-corrected chi connectivity index (χ2v) is 7.12.